The molecule has 0 radical (unpaired) electrons. The van der Waals surface area contributed by atoms with E-state index in [-0.39, 0.29) is 11.3 Å². The normalized spacial score (nSPS) is 48.7. The van der Waals surface area contributed by atoms with Crippen LogP contribution < -0.4 is 5.32 Å². The van der Waals surface area contributed by atoms with Crippen molar-refractivity contribution in [1.29, 1.82) is 0 Å². The van der Waals surface area contributed by atoms with Crippen molar-refractivity contribution >= 4 is 5.91 Å². The molecular weight excluding hydrogens is 286 g/mol. The van der Waals surface area contributed by atoms with Gasteiger partial charge in [-0.3, -0.25) is 4.79 Å². The van der Waals surface area contributed by atoms with Crippen LogP contribution in [0, 0.1) is 28.6 Å². The van der Waals surface area contributed by atoms with Crippen molar-refractivity contribution in [3.05, 3.63) is 23.9 Å². The maximum Gasteiger partial charge on any atom is 0.247 e. The van der Waals surface area contributed by atoms with E-state index in [1.807, 2.05) is 19.4 Å². The quantitative estimate of drug-likeness (QED) is 0.799. The summed E-state index contributed by atoms with van der Waals surface area (Å²) in [6.07, 6.45) is 13.8. The summed E-state index contributed by atoms with van der Waals surface area (Å²) in [5.41, 5.74) is 1.75. The van der Waals surface area contributed by atoms with Crippen molar-refractivity contribution in [2.75, 3.05) is 7.11 Å². The molecule has 3 nitrogen and oxygen atoms in total. The summed E-state index contributed by atoms with van der Waals surface area (Å²) in [6.45, 7) is 4.83. The van der Waals surface area contributed by atoms with Gasteiger partial charge in [0.05, 0.1) is 6.10 Å². The van der Waals surface area contributed by atoms with Crippen LogP contribution in [0.2, 0.25) is 0 Å². The Balaban J connectivity index is 1.70. The summed E-state index contributed by atoms with van der Waals surface area (Å²) in [5.74, 6) is 2.26. The van der Waals surface area contributed by atoms with E-state index in [2.05, 4.69) is 25.2 Å². The highest BCUT2D eigenvalue weighted by molar-refractivity contribution is 5.89. The SMILES string of the molecule is COC1CC[C@H]2C3CCC4=CC(=O)NC=CC4(C)[C@H]3CCC12C. The van der Waals surface area contributed by atoms with Crippen LogP contribution in [0.5, 0.6) is 0 Å². The fraction of sp³-hybridized carbons (Fsp3) is 0.750. The molecule has 1 N–H and O–H groups in total. The first-order valence-corrected chi connectivity index (χ1v) is 9.21. The van der Waals surface area contributed by atoms with Crippen LogP contribution in [0.4, 0.5) is 0 Å². The van der Waals surface area contributed by atoms with Gasteiger partial charge in [0.2, 0.25) is 5.91 Å². The predicted octanol–water partition coefficient (Wildman–Crippen LogP) is 3.81. The molecule has 3 saturated carbocycles. The van der Waals surface area contributed by atoms with Gasteiger partial charge >= 0.3 is 0 Å². The van der Waals surface area contributed by atoms with E-state index in [0.29, 0.717) is 17.4 Å². The number of ether oxygens (including phenoxy) is 1. The van der Waals surface area contributed by atoms with Crippen molar-refractivity contribution in [2.24, 2.45) is 28.6 Å². The first-order valence-electron chi connectivity index (χ1n) is 9.21. The Morgan fingerprint density at radius 1 is 1.17 bits per heavy atom. The molecule has 23 heavy (non-hydrogen) atoms. The molecule has 3 fully saturated rings. The van der Waals surface area contributed by atoms with Gasteiger partial charge in [0.15, 0.2) is 0 Å². The maximum atomic E-state index is 11.9. The highest BCUT2D eigenvalue weighted by atomic mass is 16.5. The standard InChI is InChI=1S/C20H29NO2/c1-19-10-11-21-18(22)12-13(19)4-5-14-15-6-7-17(23-3)20(15,2)9-8-16(14)19/h10-12,14-17H,4-9H2,1-3H3,(H,21,22)/t14?,15-,16-,17?,19?,20?/m0/s1. The van der Waals surface area contributed by atoms with Crippen molar-refractivity contribution < 1.29 is 9.53 Å². The molecule has 4 unspecified atom stereocenters. The van der Waals surface area contributed by atoms with Crippen molar-refractivity contribution in [3.63, 3.8) is 0 Å². The van der Waals surface area contributed by atoms with Gasteiger partial charge in [0, 0.05) is 24.8 Å². The van der Waals surface area contributed by atoms with Crippen LogP contribution in [0.25, 0.3) is 0 Å². The van der Waals surface area contributed by atoms with Gasteiger partial charge in [-0.15, -0.1) is 0 Å². The molecule has 0 aromatic heterocycles. The number of hydrogen-bond donors (Lipinski definition) is 1. The fourth-order valence-electron chi connectivity index (χ4n) is 6.56. The van der Waals surface area contributed by atoms with Gasteiger partial charge in [0.1, 0.15) is 0 Å². The number of allylic oxidation sites excluding steroid dienone is 2. The second kappa shape index (κ2) is 5.20. The monoisotopic (exact) mass is 315 g/mol. The van der Waals surface area contributed by atoms with Gasteiger partial charge in [0.25, 0.3) is 0 Å². The average Bonchev–Trinajstić information content (AvgIpc) is 2.78. The number of carbonyl (C=O) groups excluding carboxylic acids is 1. The Hall–Kier alpha value is -1.09. The second-order valence-corrected chi connectivity index (χ2v) is 8.56. The van der Waals surface area contributed by atoms with E-state index in [1.54, 1.807) is 0 Å². The first kappa shape index (κ1) is 15.4. The molecule has 0 saturated heterocycles. The molecule has 1 aliphatic heterocycles. The lowest BCUT2D eigenvalue weighted by Crippen LogP contribution is -2.50. The lowest BCUT2D eigenvalue weighted by atomic mass is 9.49. The van der Waals surface area contributed by atoms with Crippen LogP contribution in [-0.2, 0) is 9.53 Å². The molecule has 0 bridgehead atoms. The number of hydrogen-bond acceptors (Lipinski definition) is 2. The van der Waals surface area contributed by atoms with Gasteiger partial charge in [-0.05, 0) is 61.7 Å². The summed E-state index contributed by atoms with van der Waals surface area (Å²) in [7, 11) is 1.89. The van der Waals surface area contributed by atoms with Gasteiger partial charge in [-0.1, -0.05) is 25.5 Å². The van der Waals surface area contributed by atoms with Crippen molar-refractivity contribution in [3.8, 4) is 0 Å². The Morgan fingerprint density at radius 3 is 2.78 bits per heavy atom. The fourth-order valence-corrected chi connectivity index (χ4v) is 6.56. The minimum atomic E-state index is 0.0411. The molecule has 1 heterocycles. The van der Waals surface area contributed by atoms with E-state index >= 15 is 0 Å². The smallest absolute Gasteiger partial charge is 0.247 e. The zero-order valence-corrected chi connectivity index (χ0v) is 14.6. The Bertz CT molecular complexity index is 580. The minimum absolute atomic E-state index is 0.0411. The van der Waals surface area contributed by atoms with Crippen LogP contribution in [-0.4, -0.2) is 19.1 Å². The lowest BCUT2D eigenvalue weighted by molar-refractivity contribution is -0.115. The van der Waals surface area contributed by atoms with Crippen LogP contribution >= 0.6 is 0 Å². The Morgan fingerprint density at radius 2 is 2.00 bits per heavy atom. The third-order valence-corrected chi connectivity index (χ3v) is 7.80. The highest BCUT2D eigenvalue weighted by Crippen LogP contribution is 2.64. The highest BCUT2D eigenvalue weighted by Gasteiger charge is 2.58. The molecule has 3 heteroatoms. The molecule has 4 rings (SSSR count). The van der Waals surface area contributed by atoms with E-state index in [4.69, 9.17) is 4.74 Å². The Kier molecular flexibility index (Phi) is 3.49. The molecular formula is C20H29NO2. The maximum absolute atomic E-state index is 11.9. The number of fused-ring (bicyclic) bond motifs is 5. The molecule has 4 aliphatic rings. The van der Waals surface area contributed by atoms with E-state index in [9.17, 15) is 4.79 Å². The zero-order chi connectivity index (χ0) is 16.2. The summed E-state index contributed by atoms with van der Waals surface area (Å²) in [4.78, 5) is 11.9. The van der Waals surface area contributed by atoms with E-state index < -0.39 is 0 Å². The summed E-state index contributed by atoms with van der Waals surface area (Å²) in [6, 6.07) is 0. The molecule has 0 aromatic rings. The molecule has 0 aromatic carbocycles. The zero-order valence-electron chi connectivity index (χ0n) is 14.6. The molecule has 126 valence electrons. The van der Waals surface area contributed by atoms with Gasteiger partial charge in [-0.2, -0.15) is 0 Å². The minimum Gasteiger partial charge on any atom is -0.381 e. The van der Waals surface area contributed by atoms with Gasteiger partial charge < -0.3 is 10.1 Å². The second-order valence-electron chi connectivity index (χ2n) is 8.56. The van der Waals surface area contributed by atoms with E-state index in [1.165, 1.54) is 37.7 Å². The number of carbonyl (C=O) groups is 1. The predicted molar refractivity (Wildman–Crippen MR) is 90.5 cm³/mol. The summed E-state index contributed by atoms with van der Waals surface area (Å²) >= 11 is 0. The lowest BCUT2D eigenvalue weighted by Gasteiger charge is -2.56. The number of methoxy groups -OCH3 is 1. The van der Waals surface area contributed by atoms with Gasteiger partial charge in [-0.25, -0.2) is 0 Å². The first-order chi connectivity index (χ1) is 11.0. The Labute approximate surface area is 139 Å². The summed E-state index contributed by atoms with van der Waals surface area (Å²) < 4.78 is 5.85. The molecule has 0 spiro atoms. The third-order valence-electron chi connectivity index (χ3n) is 7.80. The number of amides is 1. The number of nitrogens with one attached hydrogen (secondary N) is 1. The molecule has 3 aliphatic carbocycles. The average molecular weight is 315 g/mol. The molecule has 1 amide bonds. The largest absolute Gasteiger partial charge is 0.381 e. The van der Waals surface area contributed by atoms with Crippen LogP contribution in [0.3, 0.4) is 0 Å². The van der Waals surface area contributed by atoms with Crippen LogP contribution in [0.1, 0.15) is 52.4 Å². The van der Waals surface area contributed by atoms with Crippen LogP contribution in [0.15, 0.2) is 23.9 Å². The third kappa shape index (κ3) is 2.08. The number of rotatable bonds is 1. The summed E-state index contributed by atoms with van der Waals surface area (Å²) in [5, 5.41) is 2.88. The van der Waals surface area contributed by atoms with Crippen molar-refractivity contribution in [2.45, 2.75) is 58.5 Å². The van der Waals surface area contributed by atoms with E-state index in [0.717, 1.165) is 18.3 Å². The van der Waals surface area contributed by atoms with Crippen molar-refractivity contribution in [1.82, 2.24) is 5.32 Å². The topological polar surface area (TPSA) is 38.3 Å². The molecule has 6 atom stereocenters.